The van der Waals surface area contributed by atoms with Crippen molar-refractivity contribution in [3.63, 3.8) is 0 Å². The molecule has 0 bridgehead atoms. The van der Waals surface area contributed by atoms with E-state index in [4.69, 9.17) is 9.72 Å². The molecule has 15 aromatic rings. The maximum atomic E-state index is 6.83. The molecule has 2 aliphatic carbocycles. The van der Waals surface area contributed by atoms with Gasteiger partial charge in [0.2, 0.25) is 5.69 Å². The van der Waals surface area contributed by atoms with Crippen molar-refractivity contribution in [2.45, 2.75) is 37.0 Å². The fourth-order valence-corrected chi connectivity index (χ4v) is 15.8. The fourth-order valence-electron chi connectivity index (χ4n) is 15.8. The van der Waals surface area contributed by atoms with E-state index in [1.807, 2.05) is 24.4 Å². The molecule has 0 unspecified atom stereocenters. The van der Waals surface area contributed by atoms with Crippen LogP contribution in [0.5, 0.6) is 11.5 Å². The monoisotopic (exact) mass is 1410 g/mol. The van der Waals surface area contributed by atoms with E-state index in [0.717, 1.165) is 72.6 Å². The van der Waals surface area contributed by atoms with Gasteiger partial charge >= 0.3 is 27.1 Å². The largest absolute Gasteiger partial charge is 2.00 e. The number of hydrogen-bond acceptors (Lipinski definition) is 2. The van der Waals surface area contributed by atoms with Crippen LogP contribution in [-0.2, 0) is 37.3 Å². The second-order valence-electron chi connectivity index (χ2n) is 26.1. The first-order valence-electron chi connectivity index (χ1n) is 32.7. The Balaban J connectivity index is 0.00000697. The predicted octanol–water partition coefficient (Wildman–Crippen LogP) is 21.8. The number of aromatic nitrogens is 2. The average molecular weight is 1410 g/mol. The second-order valence-corrected chi connectivity index (χ2v) is 26.1. The number of hydrogen-bond donors (Lipinski definition) is 0. The first kappa shape index (κ1) is 58.5. The summed E-state index contributed by atoms with van der Waals surface area (Å²) in [5.41, 5.74) is 25.1. The molecular weight excluding hydrogens is 1350 g/mol. The molecule has 18 rings (SSSR count). The molecule has 0 radical (unpaired) electrons. The van der Waals surface area contributed by atoms with E-state index in [1.165, 1.54) is 72.3 Å². The number of nitrogens with zero attached hydrogens (tertiary/aromatic N) is 4. The summed E-state index contributed by atoms with van der Waals surface area (Å²) in [6.07, 6.45) is 1.91. The van der Waals surface area contributed by atoms with Gasteiger partial charge in [0, 0.05) is 35.3 Å². The molecule has 3 aliphatic rings. The molecule has 0 atom stereocenters. The van der Waals surface area contributed by atoms with Crippen molar-refractivity contribution in [1.82, 2.24) is 18.7 Å². The summed E-state index contributed by atoms with van der Waals surface area (Å²) in [4.78, 5) is 4.93. The van der Waals surface area contributed by atoms with Crippen LogP contribution in [0.1, 0.15) is 70.8 Å². The van der Waals surface area contributed by atoms with Crippen molar-refractivity contribution >= 4 is 50.6 Å². The van der Waals surface area contributed by atoms with Crippen LogP contribution in [0.25, 0.3) is 72.1 Å². The SMILES string of the molecule is CC(C)(C)c1ccnc(-n2c3[c-]c(Oc4[c-]c([N+]5=C=[N+](c6c(-c7ccc(C8(c9ccccc9)c9ccccc9-c9ccccc98)cc7)cccc6-c6ccc(C7(c8ccccc8)c8ccccc8-c8ccccc87)cc6)c6ccccc65)ccc4)ccc3c3ccccc32)c1.[Pt+2]. The Kier molecular flexibility index (Phi) is 14.0. The normalized spacial score (nSPS) is 13.6. The van der Waals surface area contributed by atoms with E-state index in [1.54, 1.807) is 0 Å². The fraction of sp³-hybridized carbons (Fsp3) is 0.0667. The molecule has 1 aliphatic heterocycles. The van der Waals surface area contributed by atoms with Crippen LogP contribution in [0.15, 0.2) is 322 Å². The van der Waals surface area contributed by atoms with Gasteiger partial charge in [-0.2, -0.15) is 12.1 Å². The molecule has 0 fully saturated rings. The molecule has 5 nitrogen and oxygen atoms in total. The van der Waals surface area contributed by atoms with Gasteiger partial charge in [0.1, 0.15) is 11.5 Å². The van der Waals surface area contributed by atoms with Crippen molar-refractivity contribution in [1.29, 1.82) is 0 Å². The summed E-state index contributed by atoms with van der Waals surface area (Å²) in [6.45, 7) is 6.70. The zero-order chi connectivity index (χ0) is 63.4. The Labute approximate surface area is 573 Å². The molecule has 0 saturated carbocycles. The third-order valence-electron chi connectivity index (χ3n) is 20.0. The Morgan fingerprint density at radius 3 is 1.39 bits per heavy atom. The first-order chi connectivity index (χ1) is 46.7. The summed E-state index contributed by atoms with van der Waals surface area (Å²) < 4.78 is 13.4. The van der Waals surface area contributed by atoms with Crippen molar-refractivity contribution < 1.29 is 25.8 Å². The van der Waals surface area contributed by atoms with Gasteiger partial charge in [-0.1, -0.05) is 286 Å². The van der Waals surface area contributed by atoms with Crippen molar-refractivity contribution in [2.24, 2.45) is 0 Å². The molecule has 13 aromatic carbocycles. The number of pyridine rings is 1. The van der Waals surface area contributed by atoms with Crippen LogP contribution < -0.4 is 13.9 Å². The third kappa shape index (κ3) is 8.99. The summed E-state index contributed by atoms with van der Waals surface area (Å²) in [6, 6.07) is 126. The van der Waals surface area contributed by atoms with E-state index in [-0.39, 0.29) is 26.5 Å². The van der Waals surface area contributed by atoms with Gasteiger partial charge in [-0.3, -0.25) is 0 Å². The topological polar surface area (TPSA) is 33.1 Å². The van der Waals surface area contributed by atoms with E-state index in [0.29, 0.717) is 11.5 Å². The Morgan fingerprint density at radius 1 is 0.396 bits per heavy atom. The zero-order valence-electron chi connectivity index (χ0n) is 53.1. The summed E-state index contributed by atoms with van der Waals surface area (Å²) in [5.74, 6) is 1.96. The van der Waals surface area contributed by atoms with Gasteiger partial charge in [-0.15, -0.1) is 23.6 Å². The standard InChI is InChI=1S/C90H62N4O.Pt/c1-88(2,3)66-54-55-91-86(56-66)94-82-41-19-14-34-76(82)77-53-52-69(58-85(77)94)95-68-29-22-28-67(57-68)92-59-93(84-43-21-20-42-83(84)92)87-70(60-44-48-64(49-45-60)89(62-24-6-4-7-25-62)78-37-15-10-30-72(78)73-31-11-16-38-79(73)89)35-23-36-71(87)61-46-50-65(51-47-61)90(63-26-8-5-9-27-63)80-39-17-12-32-74(80)75-33-13-18-40-81(75)90;/h4-56H,1-3H3;/q;+2. The Hall–Kier alpha value is -11.3. The Morgan fingerprint density at radius 2 is 0.844 bits per heavy atom. The number of fused-ring (bicyclic) bond motifs is 10. The minimum absolute atomic E-state index is 0. The quantitative estimate of drug-likeness (QED) is 0.0955. The van der Waals surface area contributed by atoms with Crippen molar-refractivity contribution in [2.75, 3.05) is 0 Å². The maximum Gasteiger partial charge on any atom is 2.00 e. The van der Waals surface area contributed by atoms with E-state index in [9.17, 15) is 0 Å². The maximum absolute atomic E-state index is 6.83. The van der Waals surface area contributed by atoms with Crippen LogP contribution in [0, 0.1) is 12.1 Å². The molecule has 0 N–H and O–H groups in total. The van der Waals surface area contributed by atoms with Crippen LogP contribution in [-0.4, -0.2) is 15.6 Å². The molecule has 3 heterocycles. The molecule has 0 spiro atoms. The number of ether oxygens (including phenoxy) is 1. The van der Waals surface area contributed by atoms with Crippen LogP contribution >= 0.6 is 0 Å². The zero-order valence-corrected chi connectivity index (χ0v) is 55.4. The van der Waals surface area contributed by atoms with Crippen molar-refractivity contribution in [3.8, 4) is 61.8 Å². The molecule has 0 saturated heterocycles. The van der Waals surface area contributed by atoms with Gasteiger partial charge in [-0.05, 0) is 129 Å². The predicted molar refractivity (Wildman–Crippen MR) is 388 cm³/mol. The molecular formula is C90H62N4OPt+2. The van der Waals surface area contributed by atoms with Gasteiger partial charge in [0.15, 0.2) is 0 Å². The third-order valence-corrected chi connectivity index (χ3v) is 20.0. The number of para-hydroxylation sites is 4. The Bertz CT molecular complexity index is 5370. The summed E-state index contributed by atoms with van der Waals surface area (Å²) >= 11 is 0. The van der Waals surface area contributed by atoms with Gasteiger partial charge in [0.25, 0.3) is 11.4 Å². The van der Waals surface area contributed by atoms with E-state index in [2.05, 4.69) is 350 Å². The van der Waals surface area contributed by atoms with Crippen molar-refractivity contribution in [3.05, 3.63) is 384 Å². The number of benzene rings is 13. The molecule has 456 valence electrons. The van der Waals surface area contributed by atoms with Gasteiger partial charge < -0.3 is 9.30 Å². The van der Waals surface area contributed by atoms with E-state index < -0.39 is 10.8 Å². The smallest absolute Gasteiger partial charge is 0.509 e. The van der Waals surface area contributed by atoms with Crippen LogP contribution in [0.2, 0.25) is 0 Å². The van der Waals surface area contributed by atoms with E-state index >= 15 is 0 Å². The minimum Gasteiger partial charge on any atom is -0.509 e. The first-order valence-corrected chi connectivity index (χ1v) is 32.7. The minimum atomic E-state index is -0.539. The van der Waals surface area contributed by atoms with Gasteiger partial charge in [-0.25, -0.2) is 4.98 Å². The number of rotatable bonds is 11. The average Bonchev–Trinajstić information content (AvgIpc) is 1.54. The molecule has 2 aromatic heterocycles. The summed E-state index contributed by atoms with van der Waals surface area (Å²) in [7, 11) is 0. The van der Waals surface area contributed by atoms with Crippen LogP contribution in [0.3, 0.4) is 0 Å². The van der Waals surface area contributed by atoms with Crippen LogP contribution in [0.4, 0.5) is 22.7 Å². The van der Waals surface area contributed by atoms with Gasteiger partial charge in [0.05, 0.1) is 22.0 Å². The molecule has 96 heavy (non-hydrogen) atoms. The molecule has 6 heteroatoms. The second kappa shape index (κ2) is 23.0. The summed E-state index contributed by atoms with van der Waals surface area (Å²) in [5, 5.41) is 2.20. The molecule has 0 amide bonds.